The summed E-state index contributed by atoms with van der Waals surface area (Å²) in [6.45, 7) is 0.426. The Morgan fingerprint density at radius 2 is 1.57 bits per heavy atom. The van der Waals surface area contributed by atoms with Crippen molar-refractivity contribution in [3.8, 4) is 0 Å². The molecule has 0 aliphatic heterocycles. The number of anilines is 1. The van der Waals surface area contributed by atoms with Crippen LogP contribution in [0.15, 0.2) is 83.8 Å². The van der Waals surface area contributed by atoms with Crippen LogP contribution in [0, 0.1) is 11.7 Å². The minimum atomic E-state index is -3.61. The highest BCUT2D eigenvalue weighted by Gasteiger charge is 2.25. The van der Waals surface area contributed by atoms with Crippen molar-refractivity contribution in [2.75, 3.05) is 11.9 Å². The SMILES string of the molecule is O=C(N[C@@H](Cc1ccccc1)C(=O)Nc1ccc(S(=O)(=O)NCC2CC2)cc1)c1ccc(F)cc1. The summed E-state index contributed by atoms with van der Waals surface area (Å²) < 4.78 is 40.6. The molecule has 1 aliphatic carbocycles. The smallest absolute Gasteiger partial charge is 0.251 e. The van der Waals surface area contributed by atoms with Gasteiger partial charge >= 0.3 is 0 Å². The number of nitrogens with one attached hydrogen (secondary N) is 3. The maximum atomic E-state index is 13.2. The Balaban J connectivity index is 1.45. The van der Waals surface area contributed by atoms with E-state index in [2.05, 4.69) is 15.4 Å². The van der Waals surface area contributed by atoms with Gasteiger partial charge in [-0.1, -0.05) is 30.3 Å². The summed E-state index contributed by atoms with van der Waals surface area (Å²) in [6, 6.07) is 19.2. The summed E-state index contributed by atoms with van der Waals surface area (Å²) in [5.41, 5.74) is 1.46. The van der Waals surface area contributed by atoms with Crippen LogP contribution in [0.5, 0.6) is 0 Å². The quantitative estimate of drug-likeness (QED) is 0.401. The third-order valence-electron chi connectivity index (χ3n) is 5.70. The molecule has 3 aromatic carbocycles. The van der Waals surface area contributed by atoms with Crippen LogP contribution in [0.4, 0.5) is 10.1 Å². The lowest BCUT2D eigenvalue weighted by Crippen LogP contribution is -2.45. The van der Waals surface area contributed by atoms with E-state index in [4.69, 9.17) is 0 Å². The summed E-state index contributed by atoms with van der Waals surface area (Å²) in [5, 5.41) is 5.45. The Labute approximate surface area is 203 Å². The van der Waals surface area contributed by atoms with E-state index in [9.17, 15) is 22.4 Å². The Morgan fingerprint density at radius 3 is 2.20 bits per heavy atom. The molecule has 1 saturated carbocycles. The fourth-order valence-electron chi connectivity index (χ4n) is 3.48. The first kappa shape index (κ1) is 24.6. The van der Waals surface area contributed by atoms with Gasteiger partial charge in [0.15, 0.2) is 0 Å². The van der Waals surface area contributed by atoms with E-state index in [1.807, 2.05) is 30.3 Å². The molecule has 0 saturated heterocycles. The van der Waals surface area contributed by atoms with Gasteiger partial charge in [-0.2, -0.15) is 0 Å². The van der Waals surface area contributed by atoms with E-state index in [0.717, 1.165) is 18.4 Å². The highest BCUT2D eigenvalue weighted by Crippen LogP contribution is 2.28. The summed E-state index contributed by atoms with van der Waals surface area (Å²) in [6.07, 6.45) is 2.31. The number of halogens is 1. The van der Waals surface area contributed by atoms with Crippen molar-refractivity contribution in [1.29, 1.82) is 0 Å². The lowest BCUT2D eigenvalue weighted by molar-refractivity contribution is -0.118. The minimum Gasteiger partial charge on any atom is -0.340 e. The number of hydrogen-bond acceptors (Lipinski definition) is 4. The van der Waals surface area contributed by atoms with Crippen molar-refractivity contribution in [2.45, 2.75) is 30.2 Å². The second kappa shape index (κ2) is 10.8. The molecular formula is C26H26FN3O4S. The largest absolute Gasteiger partial charge is 0.340 e. The van der Waals surface area contributed by atoms with E-state index < -0.39 is 33.7 Å². The lowest BCUT2D eigenvalue weighted by atomic mass is 10.0. The molecule has 0 bridgehead atoms. The molecule has 0 unspecified atom stereocenters. The number of carbonyl (C=O) groups is 2. The third-order valence-corrected chi connectivity index (χ3v) is 7.14. The molecule has 0 radical (unpaired) electrons. The molecule has 2 amide bonds. The standard InChI is InChI=1S/C26H26FN3O4S/c27-21-10-8-20(9-11-21)25(31)30-24(16-18-4-2-1-3-5-18)26(32)29-22-12-14-23(15-13-22)35(33,34)28-17-19-6-7-19/h1-5,8-15,19,24,28H,6-7,16-17H2,(H,29,32)(H,30,31)/t24-/m0/s1. The molecule has 9 heteroatoms. The molecule has 1 aliphatic rings. The van der Waals surface area contributed by atoms with E-state index in [0.29, 0.717) is 18.2 Å². The van der Waals surface area contributed by atoms with Crippen molar-refractivity contribution in [1.82, 2.24) is 10.0 Å². The van der Waals surface area contributed by atoms with Crippen LogP contribution >= 0.6 is 0 Å². The first-order valence-electron chi connectivity index (χ1n) is 11.3. The van der Waals surface area contributed by atoms with Crippen LogP contribution in [-0.2, 0) is 21.2 Å². The molecule has 0 aromatic heterocycles. The Bertz CT molecular complexity index is 1280. The second-order valence-electron chi connectivity index (χ2n) is 8.53. The van der Waals surface area contributed by atoms with Gasteiger partial charge in [0.1, 0.15) is 11.9 Å². The monoisotopic (exact) mass is 495 g/mol. The van der Waals surface area contributed by atoms with Crippen LogP contribution in [0.25, 0.3) is 0 Å². The molecule has 182 valence electrons. The Kier molecular flexibility index (Phi) is 7.57. The fourth-order valence-corrected chi connectivity index (χ4v) is 4.60. The first-order chi connectivity index (χ1) is 16.8. The van der Waals surface area contributed by atoms with Gasteiger partial charge in [0.25, 0.3) is 5.91 Å². The lowest BCUT2D eigenvalue weighted by Gasteiger charge is -2.19. The molecule has 3 N–H and O–H groups in total. The van der Waals surface area contributed by atoms with Gasteiger partial charge in [0.05, 0.1) is 4.90 Å². The van der Waals surface area contributed by atoms with Crippen LogP contribution in [-0.4, -0.2) is 32.8 Å². The van der Waals surface area contributed by atoms with Crippen molar-refractivity contribution < 1.29 is 22.4 Å². The van der Waals surface area contributed by atoms with E-state index in [1.165, 1.54) is 48.5 Å². The molecular weight excluding hydrogens is 469 g/mol. The van der Waals surface area contributed by atoms with Gasteiger partial charge in [0, 0.05) is 24.2 Å². The van der Waals surface area contributed by atoms with Crippen LogP contribution in [0.1, 0.15) is 28.8 Å². The van der Waals surface area contributed by atoms with E-state index >= 15 is 0 Å². The summed E-state index contributed by atoms with van der Waals surface area (Å²) in [7, 11) is -3.61. The first-order valence-corrected chi connectivity index (χ1v) is 12.8. The predicted octanol–water partition coefficient (Wildman–Crippen LogP) is 3.49. The molecule has 1 fully saturated rings. The van der Waals surface area contributed by atoms with Crippen LogP contribution in [0.3, 0.4) is 0 Å². The van der Waals surface area contributed by atoms with Gasteiger partial charge in [-0.15, -0.1) is 0 Å². The fraction of sp³-hybridized carbons (Fsp3) is 0.231. The molecule has 0 spiro atoms. The molecule has 1 atom stereocenters. The number of carbonyl (C=O) groups excluding carboxylic acids is 2. The van der Waals surface area contributed by atoms with Gasteiger partial charge in [-0.3, -0.25) is 9.59 Å². The minimum absolute atomic E-state index is 0.113. The van der Waals surface area contributed by atoms with Crippen molar-refractivity contribution in [2.24, 2.45) is 5.92 Å². The van der Waals surface area contributed by atoms with Crippen LogP contribution < -0.4 is 15.4 Å². The second-order valence-corrected chi connectivity index (χ2v) is 10.3. The zero-order valence-electron chi connectivity index (χ0n) is 18.9. The normalized spacial score (nSPS) is 14.2. The zero-order valence-corrected chi connectivity index (χ0v) is 19.7. The van der Waals surface area contributed by atoms with Gasteiger partial charge in [-0.25, -0.2) is 17.5 Å². The third kappa shape index (κ3) is 6.97. The van der Waals surface area contributed by atoms with E-state index in [1.54, 1.807) is 0 Å². The van der Waals surface area contributed by atoms with Gasteiger partial charge in [0.2, 0.25) is 15.9 Å². The highest BCUT2D eigenvalue weighted by molar-refractivity contribution is 7.89. The molecule has 7 nitrogen and oxygen atoms in total. The van der Waals surface area contributed by atoms with Crippen molar-refractivity contribution in [3.63, 3.8) is 0 Å². The molecule has 35 heavy (non-hydrogen) atoms. The zero-order chi connectivity index (χ0) is 24.8. The van der Waals surface area contributed by atoms with E-state index in [-0.39, 0.29) is 16.9 Å². The van der Waals surface area contributed by atoms with Crippen molar-refractivity contribution in [3.05, 3.63) is 95.8 Å². The number of amides is 2. The van der Waals surface area contributed by atoms with Gasteiger partial charge < -0.3 is 10.6 Å². The molecule has 4 rings (SSSR count). The molecule has 0 heterocycles. The summed E-state index contributed by atoms with van der Waals surface area (Å²) >= 11 is 0. The maximum absolute atomic E-state index is 13.2. The van der Waals surface area contributed by atoms with Crippen LogP contribution in [0.2, 0.25) is 0 Å². The Hall–Kier alpha value is -3.56. The van der Waals surface area contributed by atoms with Crippen molar-refractivity contribution >= 4 is 27.5 Å². The average molecular weight is 496 g/mol. The number of benzene rings is 3. The summed E-state index contributed by atoms with van der Waals surface area (Å²) in [5.74, 6) is -1.03. The topological polar surface area (TPSA) is 104 Å². The maximum Gasteiger partial charge on any atom is 0.251 e. The number of sulfonamides is 1. The predicted molar refractivity (Wildman–Crippen MR) is 131 cm³/mol. The molecule has 3 aromatic rings. The average Bonchev–Trinajstić information content (AvgIpc) is 3.68. The Morgan fingerprint density at radius 1 is 0.914 bits per heavy atom. The summed E-state index contributed by atoms with van der Waals surface area (Å²) in [4.78, 5) is 25.9. The highest BCUT2D eigenvalue weighted by atomic mass is 32.2. The number of rotatable bonds is 10. The van der Waals surface area contributed by atoms with Gasteiger partial charge in [-0.05, 0) is 72.9 Å². The number of hydrogen-bond donors (Lipinski definition) is 3.